The molecule has 2 atom stereocenters. The summed E-state index contributed by atoms with van der Waals surface area (Å²) < 4.78 is 40.2. The van der Waals surface area contributed by atoms with Crippen molar-refractivity contribution in [2.24, 2.45) is 11.0 Å². The third-order valence-electron chi connectivity index (χ3n) is 3.81. The summed E-state index contributed by atoms with van der Waals surface area (Å²) >= 11 is 5.95. The number of hydrazone groups is 1. The molecule has 1 amide bonds. The van der Waals surface area contributed by atoms with Crippen molar-refractivity contribution in [3.63, 3.8) is 0 Å². The molecule has 0 bridgehead atoms. The van der Waals surface area contributed by atoms with E-state index in [9.17, 15) is 23.1 Å². The molecule has 2 aromatic carbocycles. The fourth-order valence-electron chi connectivity index (χ4n) is 2.63. The Hall–Kier alpha value is -2.38. The number of carbonyl (C=O) groups excluding carboxylic acids is 1. The molecule has 1 N–H and O–H groups in total. The summed E-state index contributed by atoms with van der Waals surface area (Å²) in [6, 6.07) is 13.6. The molecular formula is C17H12ClF3N2O2. The van der Waals surface area contributed by atoms with Gasteiger partial charge in [-0.1, -0.05) is 48.0 Å². The van der Waals surface area contributed by atoms with Crippen LogP contribution in [-0.4, -0.2) is 22.9 Å². The van der Waals surface area contributed by atoms with E-state index in [1.165, 1.54) is 30.3 Å². The Morgan fingerprint density at radius 1 is 1.08 bits per heavy atom. The summed E-state index contributed by atoms with van der Waals surface area (Å²) in [5.41, 5.74) is -1.13. The van der Waals surface area contributed by atoms with Gasteiger partial charge in [0.25, 0.3) is 5.91 Å². The van der Waals surface area contributed by atoms with Crippen molar-refractivity contribution >= 4 is 28.9 Å². The minimum Gasteiger partial charge on any atom is -0.387 e. The summed E-state index contributed by atoms with van der Waals surface area (Å²) in [5, 5.41) is 14.6. The topological polar surface area (TPSA) is 52.9 Å². The van der Waals surface area contributed by atoms with Crippen LogP contribution in [0.15, 0.2) is 59.7 Å². The highest BCUT2D eigenvalue weighted by molar-refractivity contribution is 6.31. The molecule has 4 nitrogen and oxygen atoms in total. The van der Waals surface area contributed by atoms with Gasteiger partial charge in [0.2, 0.25) is 0 Å². The second-order valence-corrected chi connectivity index (χ2v) is 5.82. The van der Waals surface area contributed by atoms with Gasteiger partial charge in [-0.3, -0.25) is 4.79 Å². The number of nitrogens with zero attached hydrogens (tertiary/aromatic N) is 2. The molecule has 0 aliphatic carbocycles. The summed E-state index contributed by atoms with van der Waals surface area (Å²) in [6.45, 7) is 0. The first-order valence-corrected chi connectivity index (χ1v) is 7.65. The maximum absolute atomic E-state index is 13.4. The molecule has 3 rings (SSSR count). The van der Waals surface area contributed by atoms with Gasteiger partial charge in [-0.25, -0.2) is 0 Å². The third-order valence-corrected chi connectivity index (χ3v) is 4.15. The predicted molar refractivity (Wildman–Crippen MR) is 87.3 cm³/mol. The molecule has 2 aromatic rings. The number of hydrogen-bond acceptors (Lipinski definition) is 3. The molecule has 0 spiro atoms. The SMILES string of the molecule is O=C1[C@H]([C@@H](O)c2ccccc2Cl)C(C(F)(F)F)=NN1c1ccccc1. The summed E-state index contributed by atoms with van der Waals surface area (Å²) in [4.78, 5) is 12.6. The second kappa shape index (κ2) is 6.50. The minimum absolute atomic E-state index is 0.0365. The zero-order chi connectivity index (χ0) is 18.2. The number of benzene rings is 2. The first-order chi connectivity index (χ1) is 11.8. The van der Waals surface area contributed by atoms with E-state index < -0.39 is 29.8 Å². The van der Waals surface area contributed by atoms with Gasteiger partial charge < -0.3 is 5.11 Å². The largest absolute Gasteiger partial charge is 0.432 e. The molecule has 1 aliphatic rings. The Morgan fingerprint density at radius 2 is 1.68 bits per heavy atom. The van der Waals surface area contributed by atoms with Crippen LogP contribution in [0.4, 0.5) is 18.9 Å². The Labute approximate surface area is 146 Å². The molecule has 25 heavy (non-hydrogen) atoms. The maximum Gasteiger partial charge on any atom is 0.432 e. The molecule has 0 aromatic heterocycles. The lowest BCUT2D eigenvalue weighted by Crippen LogP contribution is -2.37. The average molecular weight is 369 g/mol. The summed E-state index contributed by atoms with van der Waals surface area (Å²) in [7, 11) is 0. The van der Waals surface area contributed by atoms with E-state index in [0.29, 0.717) is 5.01 Å². The van der Waals surface area contributed by atoms with E-state index in [-0.39, 0.29) is 16.3 Å². The monoisotopic (exact) mass is 368 g/mol. The fraction of sp³-hybridized carbons (Fsp3) is 0.176. The molecule has 0 fully saturated rings. The molecule has 0 unspecified atom stereocenters. The van der Waals surface area contributed by atoms with Gasteiger partial charge in [-0.15, -0.1) is 0 Å². The van der Waals surface area contributed by atoms with Crippen LogP contribution in [0.3, 0.4) is 0 Å². The molecule has 130 valence electrons. The van der Waals surface area contributed by atoms with Crippen molar-refractivity contribution in [1.29, 1.82) is 0 Å². The van der Waals surface area contributed by atoms with Crippen LogP contribution in [0.25, 0.3) is 0 Å². The van der Waals surface area contributed by atoms with E-state index in [2.05, 4.69) is 5.10 Å². The van der Waals surface area contributed by atoms with Gasteiger partial charge in [0, 0.05) is 10.6 Å². The van der Waals surface area contributed by atoms with Crippen molar-refractivity contribution in [2.75, 3.05) is 5.01 Å². The lowest BCUT2D eigenvalue weighted by molar-refractivity contribution is -0.123. The second-order valence-electron chi connectivity index (χ2n) is 5.41. The number of alkyl halides is 3. The fourth-order valence-corrected chi connectivity index (χ4v) is 2.88. The van der Waals surface area contributed by atoms with E-state index in [0.717, 1.165) is 0 Å². The van der Waals surface area contributed by atoms with Crippen molar-refractivity contribution in [3.05, 3.63) is 65.2 Å². The van der Waals surface area contributed by atoms with E-state index in [1.807, 2.05) is 0 Å². The average Bonchev–Trinajstić information content (AvgIpc) is 2.93. The van der Waals surface area contributed by atoms with Crippen LogP contribution in [-0.2, 0) is 4.79 Å². The van der Waals surface area contributed by atoms with Crippen molar-refractivity contribution in [1.82, 2.24) is 0 Å². The number of anilines is 1. The molecular weight excluding hydrogens is 357 g/mol. The van der Waals surface area contributed by atoms with Crippen LogP contribution in [0, 0.1) is 5.92 Å². The van der Waals surface area contributed by atoms with Gasteiger partial charge in [0.15, 0.2) is 5.71 Å². The number of hydrogen-bond donors (Lipinski definition) is 1. The highest BCUT2D eigenvalue weighted by Crippen LogP contribution is 2.39. The zero-order valence-electron chi connectivity index (χ0n) is 12.6. The Bertz CT molecular complexity index is 824. The van der Waals surface area contributed by atoms with Gasteiger partial charge in [-0.2, -0.15) is 23.3 Å². The number of aliphatic hydroxyl groups excluding tert-OH is 1. The van der Waals surface area contributed by atoms with Crippen LogP contribution >= 0.6 is 11.6 Å². The number of aliphatic hydroxyl groups is 1. The first kappa shape index (κ1) is 17.4. The molecule has 0 radical (unpaired) electrons. The Morgan fingerprint density at radius 3 is 2.28 bits per heavy atom. The van der Waals surface area contributed by atoms with Crippen molar-refractivity contribution in [3.8, 4) is 0 Å². The van der Waals surface area contributed by atoms with Gasteiger partial charge in [0.1, 0.15) is 5.92 Å². The number of para-hydroxylation sites is 1. The van der Waals surface area contributed by atoms with Crippen LogP contribution in [0.2, 0.25) is 5.02 Å². The highest BCUT2D eigenvalue weighted by atomic mass is 35.5. The predicted octanol–water partition coefficient (Wildman–Crippen LogP) is 3.95. The van der Waals surface area contributed by atoms with E-state index >= 15 is 0 Å². The molecule has 1 aliphatic heterocycles. The molecule has 0 saturated carbocycles. The maximum atomic E-state index is 13.4. The van der Waals surface area contributed by atoms with E-state index in [4.69, 9.17) is 11.6 Å². The Kier molecular flexibility index (Phi) is 4.53. The van der Waals surface area contributed by atoms with Crippen molar-refractivity contribution in [2.45, 2.75) is 12.3 Å². The molecule has 0 saturated heterocycles. The first-order valence-electron chi connectivity index (χ1n) is 7.28. The number of carbonyl (C=O) groups is 1. The smallest absolute Gasteiger partial charge is 0.387 e. The Balaban J connectivity index is 2.05. The lowest BCUT2D eigenvalue weighted by Gasteiger charge is -2.21. The number of amides is 1. The quantitative estimate of drug-likeness (QED) is 0.891. The van der Waals surface area contributed by atoms with Crippen LogP contribution < -0.4 is 5.01 Å². The van der Waals surface area contributed by atoms with Gasteiger partial charge >= 0.3 is 6.18 Å². The van der Waals surface area contributed by atoms with Gasteiger partial charge in [0.05, 0.1) is 11.8 Å². The summed E-state index contributed by atoms with van der Waals surface area (Å²) in [5.74, 6) is -2.86. The highest BCUT2D eigenvalue weighted by Gasteiger charge is 2.53. The van der Waals surface area contributed by atoms with Crippen LogP contribution in [0.1, 0.15) is 11.7 Å². The summed E-state index contributed by atoms with van der Waals surface area (Å²) in [6.07, 6.45) is -6.64. The third kappa shape index (κ3) is 3.25. The molecule has 8 heteroatoms. The molecule has 1 heterocycles. The number of rotatable bonds is 3. The normalized spacial score (nSPS) is 19.1. The van der Waals surface area contributed by atoms with Crippen molar-refractivity contribution < 1.29 is 23.1 Å². The minimum atomic E-state index is -4.87. The van der Waals surface area contributed by atoms with Crippen LogP contribution in [0.5, 0.6) is 0 Å². The zero-order valence-corrected chi connectivity index (χ0v) is 13.4. The standard InChI is InChI=1S/C17H12ClF3N2O2/c18-12-9-5-4-8-11(12)14(24)13-15(17(19,20)21)22-23(16(13)25)10-6-2-1-3-7-10/h1-9,13-14,24H/t13-,14+/m1/s1. The number of halogens is 4. The van der Waals surface area contributed by atoms with E-state index in [1.54, 1.807) is 24.3 Å². The van der Waals surface area contributed by atoms with Gasteiger partial charge in [-0.05, 0) is 18.2 Å². The lowest BCUT2D eigenvalue weighted by atomic mass is 9.91.